The van der Waals surface area contributed by atoms with Gasteiger partial charge >= 0.3 is 0 Å². The monoisotopic (exact) mass is 311 g/mol. The van der Waals surface area contributed by atoms with Crippen LogP contribution in [0.15, 0.2) is 66.7 Å². The standard InChI is InChI=1S/C21H17N3/c1-2-24-20-10-8-15(14-22)12-18(20)19-13-17(9-11-21(19)24)23-16-6-4-3-5-7-16/h3-13,23H,2H2,1H3. The smallest absolute Gasteiger partial charge is 0.0991 e. The maximum absolute atomic E-state index is 9.21. The number of aryl methyl sites for hydroxylation is 1. The summed E-state index contributed by atoms with van der Waals surface area (Å²) in [4.78, 5) is 0. The molecule has 0 aliphatic heterocycles. The second-order valence-electron chi connectivity index (χ2n) is 5.81. The molecule has 4 aromatic rings. The van der Waals surface area contributed by atoms with Crippen molar-refractivity contribution in [3.05, 3.63) is 72.3 Å². The van der Waals surface area contributed by atoms with Gasteiger partial charge in [0.25, 0.3) is 0 Å². The van der Waals surface area contributed by atoms with Gasteiger partial charge in [-0.2, -0.15) is 5.26 Å². The predicted octanol–water partition coefficient (Wildman–Crippen LogP) is 5.43. The molecule has 1 N–H and O–H groups in total. The maximum Gasteiger partial charge on any atom is 0.0991 e. The van der Waals surface area contributed by atoms with E-state index in [1.165, 1.54) is 16.4 Å². The first-order chi connectivity index (χ1) is 11.8. The van der Waals surface area contributed by atoms with Crippen LogP contribution in [0.3, 0.4) is 0 Å². The highest BCUT2D eigenvalue weighted by Crippen LogP contribution is 2.32. The summed E-state index contributed by atoms with van der Waals surface area (Å²) >= 11 is 0. The van der Waals surface area contributed by atoms with E-state index in [-0.39, 0.29) is 0 Å². The highest BCUT2D eigenvalue weighted by Gasteiger charge is 2.11. The van der Waals surface area contributed by atoms with E-state index in [9.17, 15) is 5.26 Å². The molecule has 1 aromatic heterocycles. The Hall–Kier alpha value is -3.25. The van der Waals surface area contributed by atoms with E-state index in [1.54, 1.807) is 0 Å². The lowest BCUT2D eigenvalue weighted by Crippen LogP contribution is -1.93. The third-order valence-electron chi connectivity index (χ3n) is 4.37. The van der Waals surface area contributed by atoms with Crippen molar-refractivity contribution in [2.45, 2.75) is 13.5 Å². The SMILES string of the molecule is CCn1c2ccc(C#N)cc2c2cc(Nc3ccccc3)ccc21. The number of nitrogens with zero attached hydrogens (tertiary/aromatic N) is 2. The van der Waals surface area contributed by atoms with Gasteiger partial charge in [-0.1, -0.05) is 18.2 Å². The van der Waals surface area contributed by atoms with Crippen LogP contribution in [0, 0.1) is 11.3 Å². The predicted molar refractivity (Wildman–Crippen MR) is 99.6 cm³/mol. The van der Waals surface area contributed by atoms with E-state index in [4.69, 9.17) is 0 Å². The molecule has 24 heavy (non-hydrogen) atoms. The van der Waals surface area contributed by atoms with Crippen molar-refractivity contribution < 1.29 is 0 Å². The number of para-hydroxylation sites is 1. The molecule has 3 heteroatoms. The summed E-state index contributed by atoms with van der Waals surface area (Å²) in [5, 5.41) is 15.0. The summed E-state index contributed by atoms with van der Waals surface area (Å²) in [5.41, 5.74) is 5.17. The zero-order valence-corrected chi connectivity index (χ0v) is 13.5. The van der Waals surface area contributed by atoms with Crippen molar-refractivity contribution in [1.82, 2.24) is 4.57 Å². The number of benzene rings is 3. The van der Waals surface area contributed by atoms with Crippen LogP contribution in [0.5, 0.6) is 0 Å². The average molecular weight is 311 g/mol. The Bertz CT molecular complexity index is 1070. The molecule has 0 spiro atoms. The molecule has 1 heterocycles. The second-order valence-corrected chi connectivity index (χ2v) is 5.81. The van der Waals surface area contributed by atoms with E-state index in [0.717, 1.165) is 23.3 Å². The fourth-order valence-corrected chi connectivity index (χ4v) is 3.28. The third-order valence-corrected chi connectivity index (χ3v) is 4.37. The number of fused-ring (bicyclic) bond motifs is 3. The largest absolute Gasteiger partial charge is 0.356 e. The van der Waals surface area contributed by atoms with Crippen molar-refractivity contribution in [3.63, 3.8) is 0 Å². The van der Waals surface area contributed by atoms with Gasteiger partial charge in [-0.25, -0.2) is 0 Å². The number of hydrogen-bond donors (Lipinski definition) is 1. The highest BCUT2D eigenvalue weighted by atomic mass is 15.0. The Kier molecular flexibility index (Phi) is 3.44. The summed E-state index contributed by atoms with van der Waals surface area (Å²) in [5.74, 6) is 0. The normalized spacial score (nSPS) is 10.8. The van der Waals surface area contributed by atoms with E-state index in [0.29, 0.717) is 5.56 Å². The molecule has 0 amide bonds. The van der Waals surface area contributed by atoms with Crippen molar-refractivity contribution >= 4 is 33.2 Å². The van der Waals surface area contributed by atoms with Gasteiger partial charge in [-0.3, -0.25) is 0 Å². The van der Waals surface area contributed by atoms with Crippen LogP contribution in [0.4, 0.5) is 11.4 Å². The fourth-order valence-electron chi connectivity index (χ4n) is 3.28. The van der Waals surface area contributed by atoms with Crippen LogP contribution in [-0.4, -0.2) is 4.57 Å². The molecular weight excluding hydrogens is 294 g/mol. The number of nitrogens with one attached hydrogen (secondary N) is 1. The van der Waals surface area contributed by atoms with E-state index in [1.807, 2.05) is 48.5 Å². The van der Waals surface area contributed by atoms with E-state index >= 15 is 0 Å². The van der Waals surface area contributed by atoms with Crippen molar-refractivity contribution in [2.24, 2.45) is 0 Å². The number of nitriles is 1. The molecule has 3 nitrogen and oxygen atoms in total. The van der Waals surface area contributed by atoms with Crippen LogP contribution in [0.2, 0.25) is 0 Å². The van der Waals surface area contributed by atoms with Gasteiger partial charge in [0.15, 0.2) is 0 Å². The Morgan fingerprint density at radius 3 is 2.29 bits per heavy atom. The van der Waals surface area contributed by atoms with Crippen LogP contribution in [0.25, 0.3) is 21.8 Å². The zero-order valence-electron chi connectivity index (χ0n) is 13.5. The summed E-state index contributed by atoms with van der Waals surface area (Å²) in [6.07, 6.45) is 0. The Balaban J connectivity index is 1.92. The minimum atomic E-state index is 0.694. The molecule has 0 aliphatic rings. The number of rotatable bonds is 3. The molecule has 0 radical (unpaired) electrons. The molecule has 0 atom stereocenters. The molecule has 0 bridgehead atoms. The van der Waals surface area contributed by atoms with Gasteiger partial charge in [0.2, 0.25) is 0 Å². The van der Waals surface area contributed by atoms with Crippen molar-refractivity contribution in [1.29, 1.82) is 5.26 Å². The van der Waals surface area contributed by atoms with Crippen molar-refractivity contribution in [3.8, 4) is 6.07 Å². The lowest BCUT2D eigenvalue weighted by molar-refractivity contribution is 0.827. The molecule has 0 aliphatic carbocycles. The van der Waals surface area contributed by atoms with Crippen molar-refractivity contribution in [2.75, 3.05) is 5.32 Å². The summed E-state index contributed by atoms with van der Waals surface area (Å²) in [6, 6.07) is 24.7. The molecule has 0 unspecified atom stereocenters. The topological polar surface area (TPSA) is 40.8 Å². The zero-order chi connectivity index (χ0) is 16.5. The first kappa shape index (κ1) is 14.3. The quantitative estimate of drug-likeness (QED) is 0.548. The van der Waals surface area contributed by atoms with Gasteiger partial charge in [0.1, 0.15) is 0 Å². The molecular formula is C21H17N3. The summed E-state index contributed by atoms with van der Waals surface area (Å²) in [7, 11) is 0. The average Bonchev–Trinajstić information content (AvgIpc) is 2.95. The highest BCUT2D eigenvalue weighted by molar-refractivity contribution is 6.09. The number of anilines is 2. The lowest BCUT2D eigenvalue weighted by Gasteiger charge is -2.07. The Morgan fingerprint density at radius 2 is 1.58 bits per heavy atom. The first-order valence-electron chi connectivity index (χ1n) is 8.08. The summed E-state index contributed by atoms with van der Waals surface area (Å²) < 4.78 is 2.29. The number of aromatic nitrogens is 1. The maximum atomic E-state index is 9.21. The van der Waals surface area contributed by atoms with Gasteiger partial charge in [-0.05, 0) is 55.5 Å². The Labute approximate surface area is 140 Å². The summed E-state index contributed by atoms with van der Waals surface area (Å²) in [6.45, 7) is 3.05. The van der Waals surface area contributed by atoms with E-state index < -0.39 is 0 Å². The van der Waals surface area contributed by atoms with Crippen LogP contribution >= 0.6 is 0 Å². The van der Waals surface area contributed by atoms with E-state index in [2.05, 4.69) is 41.1 Å². The number of hydrogen-bond acceptors (Lipinski definition) is 2. The van der Waals surface area contributed by atoms with Crippen LogP contribution in [0.1, 0.15) is 12.5 Å². The van der Waals surface area contributed by atoms with Crippen LogP contribution < -0.4 is 5.32 Å². The van der Waals surface area contributed by atoms with Gasteiger partial charge < -0.3 is 9.88 Å². The molecule has 0 saturated carbocycles. The van der Waals surface area contributed by atoms with Gasteiger partial charge in [0, 0.05) is 39.7 Å². The minimum Gasteiger partial charge on any atom is -0.356 e. The fraction of sp³-hybridized carbons (Fsp3) is 0.0952. The second kappa shape index (κ2) is 5.75. The third kappa shape index (κ3) is 2.29. The molecule has 3 aromatic carbocycles. The molecule has 4 rings (SSSR count). The minimum absolute atomic E-state index is 0.694. The van der Waals surface area contributed by atoms with Crippen LogP contribution in [-0.2, 0) is 6.54 Å². The van der Waals surface area contributed by atoms with Gasteiger partial charge in [-0.15, -0.1) is 0 Å². The molecule has 0 saturated heterocycles. The molecule has 116 valence electrons. The Morgan fingerprint density at radius 1 is 0.875 bits per heavy atom. The van der Waals surface area contributed by atoms with Gasteiger partial charge in [0.05, 0.1) is 11.6 Å². The lowest BCUT2D eigenvalue weighted by atomic mass is 10.1. The molecule has 0 fully saturated rings. The first-order valence-corrected chi connectivity index (χ1v) is 8.08.